The van der Waals surface area contributed by atoms with E-state index in [1.165, 1.54) is 18.2 Å². The molecule has 26 heavy (non-hydrogen) atoms. The summed E-state index contributed by atoms with van der Waals surface area (Å²) in [6.45, 7) is 2.20. The third-order valence-corrected chi connectivity index (χ3v) is 4.51. The van der Waals surface area contributed by atoms with E-state index in [1.54, 1.807) is 12.3 Å². The van der Waals surface area contributed by atoms with Crippen molar-refractivity contribution in [3.05, 3.63) is 54.6 Å². The number of aromatic nitrogens is 1. The monoisotopic (exact) mass is 356 g/mol. The smallest absolute Gasteiger partial charge is 0.313 e. The first-order valence-corrected chi connectivity index (χ1v) is 8.62. The number of halogens is 1. The molecule has 0 radical (unpaired) electrons. The standard InChI is InChI=1S/C19H21FN4O2/c20-16-5-1-2-6-17(16)23-19(26)18(25)22-12-14-7-10-24(11-8-14)15-4-3-9-21-13-15/h1-6,9,13-14H,7-8,10-12H2,(H,22,25)(H,23,26). The summed E-state index contributed by atoms with van der Waals surface area (Å²) in [5.74, 6) is -1.87. The minimum atomic E-state index is -0.858. The first kappa shape index (κ1) is 17.8. The molecule has 1 aliphatic heterocycles. The molecule has 1 saturated heterocycles. The Kier molecular flexibility index (Phi) is 5.78. The van der Waals surface area contributed by atoms with Crippen LogP contribution in [-0.4, -0.2) is 36.4 Å². The van der Waals surface area contributed by atoms with Crippen molar-refractivity contribution in [2.45, 2.75) is 12.8 Å². The zero-order chi connectivity index (χ0) is 18.4. The van der Waals surface area contributed by atoms with Crippen LogP contribution < -0.4 is 15.5 Å². The summed E-state index contributed by atoms with van der Waals surface area (Å²) >= 11 is 0. The van der Waals surface area contributed by atoms with Gasteiger partial charge in [-0.2, -0.15) is 0 Å². The maximum Gasteiger partial charge on any atom is 0.313 e. The van der Waals surface area contributed by atoms with Crippen LogP contribution >= 0.6 is 0 Å². The number of nitrogens with zero attached hydrogens (tertiary/aromatic N) is 2. The Labute approximate surface area is 151 Å². The third-order valence-electron chi connectivity index (χ3n) is 4.51. The van der Waals surface area contributed by atoms with Crippen molar-refractivity contribution in [2.24, 2.45) is 5.92 Å². The highest BCUT2D eigenvalue weighted by Crippen LogP contribution is 2.22. The molecule has 2 aromatic rings. The molecular formula is C19H21FN4O2. The Hall–Kier alpha value is -2.96. The van der Waals surface area contributed by atoms with Gasteiger partial charge in [0.2, 0.25) is 0 Å². The molecule has 0 bridgehead atoms. The fourth-order valence-electron chi connectivity index (χ4n) is 3.00. The summed E-state index contributed by atoms with van der Waals surface area (Å²) in [7, 11) is 0. The van der Waals surface area contributed by atoms with Crippen molar-refractivity contribution in [2.75, 3.05) is 29.9 Å². The van der Waals surface area contributed by atoms with Crippen molar-refractivity contribution in [1.82, 2.24) is 10.3 Å². The maximum absolute atomic E-state index is 13.5. The molecule has 136 valence electrons. The van der Waals surface area contributed by atoms with Gasteiger partial charge in [0.1, 0.15) is 5.82 Å². The Morgan fingerprint density at radius 1 is 1.12 bits per heavy atom. The molecule has 0 aliphatic carbocycles. The molecule has 0 atom stereocenters. The molecule has 1 aromatic heterocycles. The van der Waals surface area contributed by atoms with E-state index in [1.807, 2.05) is 18.3 Å². The summed E-state index contributed by atoms with van der Waals surface area (Å²) < 4.78 is 13.5. The third kappa shape index (κ3) is 4.56. The van der Waals surface area contributed by atoms with Crippen molar-refractivity contribution < 1.29 is 14.0 Å². The second-order valence-corrected chi connectivity index (χ2v) is 6.29. The minimum absolute atomic E-state index is 0.00238. The SMILES string of the molecule is O=C(NCC1CCN(c2cccnc2)CC1)C(=O)Nc1ccccc1F. The molecular weight excluding hydrogens is 335 g/mol. The average Bonchev–Trinajstić information content (AvgIpc) is 2.69. The maximum atomic E-state index is 13.5. The van der Waals surface area contributed by atoms with Gasteiger partial charge in [0, 0.05) is 25.8 Å². The topological polar surface area (TPSA) is 74.3 Å². The van der Waals surface area contributed by atoms with Gasteiger partial charge in [-0.05, 0) is 43.0 Å². The number of carbonyl (C=O) groups excluding carboxylic acids is 2. The van der Waals surface area contributed by atoms with Crippen LogP contribution in [0.4, 0.5) is 15.8 Å². The van der Waals surface area contributed by atoms with Crippen LogP contribution in [0.3, 0.4) is 0 Å². The van der Waals surface area contributed by atoms with Crippen molar-refractivity contribution in [1.29, 1.82) is 0 Å². The molecule has 0 unspecified atom stereocenters. The number of hydrogen-bond donors (Lipinski definition) is 2. The number of piperidine rings is 1. The van der Waals surface area contributed by atoms with E-state index in [4.69, 9.17) is 0 Å². The van der Waals surface area contributed by atoms with Crippen LogP contribution in [0.2, 0.25) is 0 Å². The summed E-state index contributed by atoms with van der Waals surface area (Å²) in [6, 6.07) is 9.69. The lowest BCUT2D eigenvalue weighted by molar-refractivity contribution is -0.136. The number of pyridine rings is 1. The van der Waals surface area contributed by atoms with Gasteiger partial charge >= 0.3 is 11.8 Å². The van der Waals surface area contributed by atoms with Crippen molar-refractivity contribution in [3.8, 4) is 0 Å². The van der Waals surface area contributed by atoms with Crippen LogP contribution in [0.5, 0.6) is 0 Å². The molecule has 2 amide bonds. The van der Waals surface area contributed by atoms with Gasteiger partial charge in [0.15, 0.2) is 0 Å². The summed E-state index contributed by atoms with van der Waals surface area (Å²) in [4.78, 5) is 30.2. The summed E-state index contributed by atoms with van der Waals surface area (Å²) in [5.41, 5.74) is 1.09. The van der Waals surface area contributed by atoms with Gasteiger partial charge in [0.25, 0.3) is 0 Å². The van der Waals surface area contributed by atoms with Crippen LogP contribution in [0.25, 0.3) is 0 Å². The van der Waals surface area contributed by atoms with Gasteiger partial charge in [-0.3, -0.25) is 14.6 Å². The Bertz CT molecular complexity index is 761. The summed E-state index contributed by atoms with van der Waals surface area (Å²) in [6.07, 6.45) is 5.43. The molecule has 3 rings (SSSR count). The first-order chi connectivity index (χ1) is 12.6. The number of hydrogen-bond acceptors (Lipinski definition) is 4. The van der Waals surface area contributed by atoms with Crippen LogP contribution in [-0.2, 0) is 9.59 Å². The number of amides is 2. The number of benzene rings is 1. The van der Waals surface area contributed by atoms with Gasteiger partial charge in [-0.25, -0.2) is 4.39 Å². The Balaban J connectivity index is 1.42. The van der Waals surface area contributed by atoms with Crippen LogP contribution in [0.15, 0.2) is 48.8 Å². The quantitative estimate of drug-likeness (QED) is 0.824. The van der Waals surface area contributed by atoms with E-state index in [0.717, 1.165) is 31.6 Å². The molecule has 1 aliphatic rings. The highest BCUT2D eigenvalue weighted by molar-refractivity contribution is 6.39. The van der Waals surface area contributed by atoms with Crippen LogP contribution in [0.1, 0.15) is 12.8 Å². The number of rotatable bonds is 4. The highest BCUT2D eigenvalue weighted by atomic mass is 19.1. The van der Waals surface area contributed by atoms with E-state index in [2.05, 4.69) is 20.5 Å². The van der Waals surface area contributed by atoms with Gasteiger partial charge in [-0.15, -0.1) is 0 Å². The Morgan fingerprint density at radius 3 is 2.58 bits per heavy atom. The number of carbonyl (C=O) groups is 2. The lowest BCUT2D eigenvalue weighted by Crippen LogP contribution is -2.42. The summed E-state index contributed by atoms with van der Waals surface area (Å²) in [5, 5.41) is 4.93. The predicted octanol–water partition coefficient (Wildman–Crippen LogP) is 2.19. The molecule has 1 aromatic carbocycles. The minimum Gasteiger partial charge on any atom is -0.370 e. The van der Waals surface area contributed by atoms with Gasteiger partial charge in [0.05, 0.1) is 17.6 Å². The van der Waals surface area contributed by atoms with E-state index < -0.39 is 17.6 Å². The number of anilines is 2. The van der Waals surface area contributed by atoms with Crippen LogP contribution in [0, 0.1) is 11.7 Å². The van der Waals surface area contributed by atoms with E-state index in [9.17, 15) is 14.0 Å². The number of para-hydroxylation sites is 1. The molecule has 6 nitrogen and oxygen atoms in total. The van der Waals surface area contributed by atoms with Gasteiger partial charge in [-0.1, -0.05) is 12.1 Å². The van der Waals surface area contributed by atoms with Crippen molar-refractivity contribution >= 4 is 23.2 Å². The van der Waals surface area contributed by atoms with Crippen molar-refractivity contribution in [3.63, 3.8) is 0 Å². The van der Waals surface area contributed by atoms with E-state index >= 15 is 0 Å². The molecule has 2 N–H and O–H groups in total. The Morgan fingerprint density at radius 2 is 1.88 bits per heavy atom. The highest BCUT2D eigenvalue weighted by Gasteiger charge is 2.22. The largest absolute Gasteiger partial charge is 0.370 e. The lowest BCUT2D eigenvalue weighted by atomic mass is 9.96. The van der Waals surface area contributed by atoms with Gasteiger partial charge < -0.3 is 15.5 Å². The second kappa shape index (κ2) is 8.42. The zero-order valence-electron chi connectivity index (χ0n) is 14.3. The first-order valence-electron chi connectivity index (χ1n) is 8.62. The number of nitrogens with one attached hydrogen (secondary N) is 2. The average molecular weight is 356 g/mol. The fraction of sp³-hybridized carbons (Fsp3) is 0.316. The molecule has 0 saturated carbocycles. The second-order valence-electron chi connectivity index (χ2n) is 6.29. The molecule has 2 heterocycles. The molecule has 7 heteroatoms. The fourth-order valence-corrected chi connectivity index (χ4v) is 3.00. The van der Waals surface area contributed by atoms with E-state index in [-0.39, 0.29) is 5.69 Å². The lowest BCUT2D eigenvalue weighted by Gasteiger charge is -2.33. The van der Waals surface area contributed by atoms with E-state index in [0.29, 0.717) is 12.5 Å². The molecule has 0 spiro atoms. The molecule has 1 fully saturated rings. The zero-order valence-corrected chi connectivity index (χ0v) is 14.3. The predicted molar refractivity (Wildman–Crippen MR) is 97.2 cm³/mol. The normalized spacial score (nSPS) is 14.7.